The molecule has 168 valence electrons. The van der Waals surface area contributed by atoms with Crippen LogP contribution in [0.15, 0.2) is 48.7 Å². The highest BCUT2D eigenvalue weighted by Gasteiger charge is 2.36. The van der Waals surface area contributed by atoms with Gasteiger partial charge in [-0.2, -0.15) is 0 Å². The van der Waals surface area contributed by atoms with Crippen molar-refractivity contribution in [2.45, 2.75) is 32.7 Å². The zero-order chi connectivity index (χ0) is 23.3. The van der Waals surface area contributed by atoms with Gasteiger partial charge in [0, 0.05) is 11.1 Å². The number of aromatic nitrogens is 3. The Hall–Kier alpha value is -3.23. The van der Waals surface area contributed by atoms with Crippen molar-refractivity contribution in [2.24, 2.45) is 5.41 Å². The van der Waals surface area contributed by atoms with Crippen molar-refractivity contribution in [3.05, 3.63) is 70.5 Å². The monoisotopic (exact) mass is 456 g/mol. The lowest BCUT2D eigenvalue weighted by Crippen LogP contribution is -2.44. The minimum absolute atomic E-state index is 0.0393. The van der Waals surface area contributed by atoms with Crippen molar-refractivity contribution in [1.29, 1.82) is 0 Å². The summed E-state index contributed by atoms with van der Waals surface area (Å²) in [6, 6.07) is 13.0. The number of nitrogens with one attached hydrogen (secondary N) is 2. The molecule has 0 bridgehead atoms. The lowest BCUT2D eigenvalue weighted by molar-refractivity contribution is -0.151. The van der Waals surface area contributed by atoms with Crippen LogP contribution in [0.25, 0.3) is 11.1 Å². The van der Waals surface area contributed by atoms with Crippen LogP contribution in [0.1, 0.15) is 35.0 Å². The van der Waals surface area contributed by atoms with Crippen molar-refractivity contribution in [1.82, 2.24) is 20.7 Å². The second-order valence-electron chi connectivity index (χ2n) is 8.12. The first-order chi connectivity index (χ1) is 15.2. The van der Waals surface area contributed by atoms with Gasteiger partial charge in [0.2, 0.25) is 0 Å². The number of aliphatic hydroxyl groups excluding tert-OH is 1. The van der Waals surface area contributed by atoms with Crippen LogP contribution in [0.5, 0.6) is 0 Å². The zero-order valence-electron chi connectivity index (χ0n) is 17.8. The molecule has 9 heteroatoms. The van der Waals surface area contributed by atoms with Gasteiger partial charge in [-0.15, -0.1) is 5.10 Å². The minimum atomic E-state index is -1.40. The molecule has 0 spiro atoms. The number of rotatable bonds is 9. The zero-order valence-corrected chi connectivity index (χ0v) is 18.6. The van der Waals surface area contributed by atoms with Crippen LogP contribution < -0.4 is 5.32 Å². The molecule has 4 N–H and O–H groups in total. The van der Waals surface area contributed by atoms with Gasteiger partial charge >= 0.3 is 5.97 Å². The fourth-order valence-electron chi connectivity index (χ4n) is 3.52. The van der Waals surface area contributed by atoms with E-state index in [1.54, 1.807) is 0 Å². The highest BCUT2D eigenvalue weighted by molar-refractivity contribution is 6.30. The minimum Gasteiger partial charge on any atom is -0.481 e. The van der Waals surface area contributed by atoms with Gasteiger partial charge in [-0.25, -0.2) is 0 Å². The quantitative estimate of drug-likeness (QED) is 0.391. The van der Waals surface area contributed by atoms with Gasteiger partial charge in [0.1, 0.15) is 0 Å². The first-order valence-electron chi connectivity index (χ1n) is 10.1. The summed E-state index contributed by atoms with van der Waals surface area (Å²) in [7, 11) is 0. The average Bonchev–Trinajstić information content (AvgIpc) is 3.31. The Morgan fingerprint density at radius 1 is 1.22 bits per heavy atom. The van der Waals surface area contributed by atoms with E-state index in [2.05, 4.69) is 20.7 Å². The molecule has 0 aliphatic rings. The van der Waals surface area contributed by atoms with Crippen LogP contribution in [0.4, 0.5) is 0 Å². The van der Waals surface area contributed by atoms with Crippen molar-refractivity contribution >= 4 is 23.5 Å². The maximum atomic E-state index is 12.5. The summed E-state index contributed by atoms with van der Waals surface area (Å²) in [5.74, 6) is -1.60. The van der Waals surface area contributed by atoms with E-state index in [1.807, 2.05) is 49.4 Å². The molecule has 0 radical (unpaired) electrons. The predicted octanol–water partition coefficient (Wildman–Crippen LogP) is 3.25. The van der Waals surface area contributed by atoms with E-state index in [-0.39, 0.29) is 12.1 Å². The standard InChI is InChI=1S/C23H25ClN4O4/c1-14-3-8-17(24)10-19(14)16-6-4-15(5-7-16)9-18(11-23(2,13-29)22(31)32)26-21(30)20-12-25-28-27-20/h3-8,10,12,18,29H,9,11,13H2,1-2H3,(H,26,30)(H,31,32)(H,25,27,28)/t18-,23+/m1/s1. The van der Waals surface area contributed by atoms with Crippen molar-refractivity contribution in [3.8, 4) is 11.1 Å². The molecule has 2 atom stereocenters. The van der Waals surface area contributed by atoms with Crippen LogP contribution in [-0.2, 0) is 11.2 Å². The molecule has 8 nitrogen and oxygen atoms in total. The van der Waals surface area contributed by atoms with Gasteiger partial charge < -0.3 is 15.5 Å². The summed E-state index contributed by atoms with van der Waals surface area (Å²) in [6.07, 6.45) is 1.77. The molecule has 0 saturated carbocycles. The maximum absolute atomic E-state index is 12.5. The Labute approximate surface area is 190 Å². The number of aromatic amines is 1. The summed E-state index contributed by atoms with van der Waals surface area (Å²) in [5, 5.41) is 32.4. The third kappa shape index (κ3) is 5.52. The molecule has 0 aliphatic heterocycles. The van der Waals surface area contributed by atoms with Crippen LogP contribution in [-0.4, -0.2) is 50.1 Å². The molecule has 3 rings (SSSR count). The molecule has 0 unspecified atom stereocenters. The van der Waals surface area contributed by atoms with Gasteiger partial charge in [-0.1, -0.05) is 47.1 Å². The molecular formula is C23H25ClN4O4. The first kappa shape index (κ1) is 23.4. The SMILES string of the molecule is Cc1ccc(Cl)cc1-c1ccc(C[C@H](C[C@@](C)(CO)C(=O)O)NC(=O)c2c[nH]nn2)cc1. The molecule has 1 heterocycles. The van der Waals surface area contributed by atoms with Crippen LogP contribution in [0, 0.1) is 12.3 Å². The first-order valence-corrected chi connectivity index (χ1v) is 10.5. The number of hydrogen-bond acceptors (Lipinski definition) is 5. The molecule has 1 aromatic heterocycles. The fourth-order valence-corrected chi connectivity index (χ4v) is 3.69. The Bertz CT molecular complexity index is 1090. The number of amides is 1. The van der Waals surface area contributed by atoms with Gasteiger partial charge in [0.15, 0.2) is 5.69 Å². The summed E-state index contributed by atoms with van der Waals surface area (Å²) < 4.78 is 0. The van der Waals surface area contributed by atoms with Crippen molar-refractivity contribution in [3.63, 3.8) is 0 Å². The van der Waals surface area contributed by atoms with E-state index in [0.717, 1.165) is 22.3 Å². The summed E-state index contributed by atoms with van der Waals surface area (Å²) in [5.41, 5.74) is 2.73. The van der Waals surface area contributed by atoms with Crippen LogP contribution in [0.2, 0.25) is 5.02 Å². The number of hydrogen-bond donors (Lipinski definition) is 4. The Balaban J connectivity index is 1.82. The summed E-state index contributed by atoms with van der Waals surface area (Å²) >= 11 is 6.14. The number of nitrogens with zero attached hydrogens (tertiary/aromatic N) is 2. The highest BCUT2D eigenvalue weighted by Crippen LogP contribution is 2.28. The molecule has 3 aromatic rings. The fraction of sp³-hybridized carbons (Fsp3) is 0.304. The molecular weight excluding hydrogens is 432 g/mol. The number of halogens is 1. The lowest BCUT2D eigenvalue weighted by atomic mass is 9.82. The number of aliphatic hydroxyl groups is 1. The van der Waals surface area contributed by atoms with Crippen LogP contribution in [0.3, 0.4) is 0 Å². The largest absolute Gasteiger partial charge is 0.481 e. The Kier molecular flexibility index (Phi) is 7.27. The average molecular weight is 457 g/mol. The third-order valence-electron chi connectivity index (χ3n) is 5.49. The van der Waals surface area contributed by atoms with E-state index >= 15 is 0 Å². The molecule has 32 heavy (non-hydrogen) atoms. The maximum Gasteiger partial charge on any atom is 0.311 e. The van der Waals surface area contributed by atoms with Crippen molar-refractivity contribution in [2.75, 3.05) is 6.61 Å². The Morgan fingerprint density at radius 3 is 2.53 bits per heavy atom. The molecule has 1 amide bonds. The summed E-state index contributed by atoms with van der Waals surface area (Å²) in [6.45, 7) is 2.91. The number of carboxylic acid groups (broad SMARTS) is 1. The van der Waals surface area contributed by atoms with E-state index in [4.69, 9.17) is 11.6 Å². The van der Waals surface area contributed by atoms with Gasteiger partial charge in [-0.3, -0.25) is 14.7 Å². The normalized spacial score (nSPS) is 13.9. The second-order valence-corrected chi connectivity index (χ2v) is 8.55. The van der Waals surface area contributed by atoms with E-state index in [9.17, 15) is 19.8 Å². The van der Waals surface area contributed by atoms with E-state index in [0.29, 0.717) is 11.4 Å². The number of aryl methyl sites for hydroxylation is 1. The van der Waals surface area contributed by atoms with Crippen LogP contribution >= 0.6 is 11.6 Å². The number of carbonyl (C=O) groups excluding carboxylic acids is 1. The van der Waals surface area contributed by atoms with Gasteiger partial charge in [0.25, 0.3) is 5.91 Å². The van der Waals surface area contributed by atoms with Crippen molar-refractivity contribution < 1.29 is 19.8 Å². The summed E-state index contributed by atoms with van der Waals surface area (Å²) in [4.78, 5) is 24.2. The molecule has 0 aliphatic carbocycles. The second kappa shape index (κ2) is 9.93. The molecule has 0 saturated heterocycles. The number of benzene rings is 2. The van der Waals surface area contributed by atoms with E-state index in [1.165, 1.54) is 13.1 Å². The lowest BCUT2D eigenvalue weighted by Gasteiger charge is -2.28. The number of H-pyrrole nitrogens is 1. The smallest absolute Gasteiger partial charge is 0.311 e. The topological polar surface area (TPSA) is 128 Å². The molecule has 0 fully saturated rings. The number of aliphatic carboxylic acids is 1. The van der Waals surface area contributed by atoms with Gasteiger partial charge in [-0.05, 0) is 61.1 Å². The third-order valence-corrected chi connectivity index (χ3v) is 5.73. The highest BCUT2D eigenvalue weighted by atomic mass is 35.5. The number of carboxylic acids is 1. The molecule has 2 aromatic carbocycles. The predicted molar refractivity (Wildman–Crippen MR) is 120 cm³/mol. The Morgan fingerprint density at radius 2 is 1.94 bits per heavy atom. The van der Waals surface area contributed by atoms with E-state index < -0.39 is 29.9 Å². The number of carbonyl (C=O) groups is 2. The van der Waals surface area contributed by atoms with Gasteiger partial charge in [0.05, 0.1) is 18.2 Å².